The van der Waals surface area contributed by atoms with Crippen molar-refractivity contribution >= 4 is 28.0 Å². The molecule has 0 aliphatic heterocycles. The molecule has 3 heteroatoms. The highest BCUT2D eigenvalue weighted by Gasteiger charge is 2.05. The molecule has 3 rings (SSSR count). The SMILES string of the molecule is O=C(NCc1ccc2ccccc2c1)c1ccsc1. The van der Waals surface area contributed by atoms with Crippen LogP contribution in [0.4, 0.5) is 0 Å². The number of carbonyl (C=O) groups excluding carboxylic acids is 1. The monoisotopic (exact) mass is 267 g/mol. The van der Waals surface area contributed by atoms with Crippen molar-refractivity contribution in [1.82, 2.24) is 5.32 Å². The quantitative estimate of drug-likeness (QED) is 0.767. The molecule has 0 fully saturated rings. The van der Waals surface area contributed by atoms with Crippen LogP contribution >= 0.6 is 11.3 Å². The van der Waals surface area contributed by atoms with Gasteiger partial charge in [-0.2, -0.15) is 11.3 Å². The molecule has 3 aromatic rings. The number of hydrogen-bond donors (Lipinski definition) is 1. The Bertz CT molecular complexity index is 704. The van der Waals surface area contributed by atoms with Gasteiger partial charge in [0.05, 0.1) is 0 Å². The molecule has 1 heterocycles. The third kappa shape index (κ3) is 2.66. The molecule has 0 saturated carbocycles. The maximum atomic E-state index is 11.8. The first kappa shape index (κ1) is 11.9. The highest BCUT2D eigenvalue weighted by molar-refractivity contribution is 7.08. The molecule has 0 aliphatic rings. The molecule has 94 valence electrons. The average molecular weight is 267 g/mol. The third-order valence-electron chi connectivity index (χ3n) is 3.05. The van der Waals surface area contributed by atoms with E-state index in [0.29, 0.717) is 6.54 Å². The van der Waals surface area contributed by atoms with Crippen LogP contribution < -0.4 is 5.32 Å². The van der Waals surface area contributed by atoms with Crippen molar-refractivity contribution in [3.8, 4) is 0 Å². The van der Waals surface area contributed by atoms with Crippen LogP contribution in [-0.2, 0) is 6.54 Å². The van der Waals surface area contributed by atoms with Gasteiger partial charge < -0.3 is 5.32 Å². The van der Waals surface area contributed by atoms with Crippen molar-refractivity contribution in [2.75, 3.05) is 0 Å². The van der Waals surface area contributed by atoms with Gasteiger partial charge in [0.2, 0.25) is 0 Å². The summed E-state index contributed by atoms with van der Waals surface area (Å²) in [6, 6.07) is 16.3. The zero-order valence-electron chi connectivity index (χ0n) is 10.3. The van der Waals surface area contributed by atoms with E-state index >= 15 is 0 Å². The fourth-order valence-electron chi connectivity index (χ4n) is 2.03. The number of nitrogens with one attached hydrogen (secondary N) is 1. The van der Waals surface area contributed by atoms with Crippen molar-refractivity contribution < 1.29 is 4.79 Å². The normalized spacial score (nSPS) is 10.5. The fourth-order valence-corrected chi connectivity index (χ4v) is 2.66. The summed E-state index contributed by atoms with van der Waals surface area (Å²) in [5.41, 5.74) is 1.84. The average Bonchev–Trinajstić information content (AvgIpc) is 2.99. The molecular formula is C16H13NOS. The van der Waals surface area contributed by atoms with E-state index in [2.05, 4.69) is 35.6 Å². The summed E-state index contributed by atoms with van der Waals surface area (Å²) >= 11 is 1.53. The molecule has 0 aliphatic carbocycles. The van der Waals surface area contributed by atoms with Crippen molar-refractivity contribution in [2.45, 2.75) is 6.54 Å². The number of rotatable bonds is 3. The second kappa shape index (κ2) is 5.24. The molecular weight excluding hydrogens is 254 g/mol. The molecule has 0 radical (unpaired) electrons. The van der Waals surface area contributed by atoms with E-state index in [4.69, 9.17) is 0 Å². The van der Waals surface area contributed by atoms with E-state index in [-0.39, 0.29) is 5.91 Å². The van der Waals surface area contributed by atoms with Crippen LogP contribution in [0.25, 0.3) is 10.8 Å². The van der Waals surface area contributed by atoms with Gasteiger partial charge >= 0.3 is 0 Å². The van der Waals surface area contributed by atoms with Crippen molar-refractivity contribution in [3.63, 3.8) is 0 Å². The summed E-state index contributed by atoms with van der Waals surface area (Å²) in [6.07, 6.45) is 0. The standard InChI is InChI=1S/C16H13NOS/c18-16(15-7-8-19-11-15)17-10-12-5-6-13-3-1-2-4-14(13)9-12/h1-9,11H,10H2,(H,17,18). The predicted octanol–water partition coefficient (Wildman–Crippen LogP) is 3.83. The van der Waals surface area contributed by atoms with Crippen LogP contribution in [-0.4, -0.2) is 5.91 Å². The lowest BCUT2D eigenvalue weighted by Gasteiger charge is -2.05. The zero-order valence-corrected chi connectivity index (χ0v) is 11.1. The first-order valence-corrected chi connectivity index (χ1v) is 7.05. The Kier molecular flexibility index (Phi) is 3.29. The van der Waals surface area contributed by atoms with E-state index in [9.17, 15) is 4.79 Å². The second-order valence-electron chi connectivity index (χ2n) is 4.38. The van der Waals surface area contributed by atoms with Crippen LogP contribution in [0, 0.1) is 0 Å². The molecule has 2 nitrogen and oxygen atoms in total. The van der Waals surface area contributed by atoms with Crippen LogP contribution in [0.2, 0.25) is 0 Å². The van der Waals surface area contributed by atoms with Gasteiger partial charge in [-0.1, -0.05) is 36.4 Å². The number of hydrogen-bond acceptors (Lipinski definition) is 2. The van der Waals surface area contributed by atoms with Crippen molar-refractivity contribution in [1.29, 1.82) is 0 Å². The Morgan fingerprint density at radius 2 is 1.89 bits per heavy atom. The summed E-state index contributed by atoms with van der Waals surface area (Å²) in [5.74, 6) is -0.0191. The third-order valence-corrected chi connectivity index (χ3v) is 3.73. The Hall–Kier alpha value is -2.13. The number of benzene rings is 2. The van der Waals surface area contributed by atoms with Crippen LogP contribution in [0.15, 0.2) is 59.3 Å². The van der Waals surface area contributed by atoms with Gasteiger partial charge in [0.1, 0.15) is 0 Å². The van der Waals surface area contributed by atoms with E-state index in [0.717, 1.165) is 11.1 Å². The molecule has 0 saturated heterocycles. The van der Waals surface area contributed by atoms with Gasteiger partial charge in [0.15, 0.2) is 0 Å². The van der Waals surface area contributed by atoms with Gasteiger partial charge in [-0.3, -0.25) is 4.79 Å². The molecule has 19 heavy (non-hydrogen) atoms. The Morgan fingerprint density at radius 3 is 2.68 bits per heavy atom. The summed E-state index contributed by atoms with van der Waals surface area (Å²) < 4.78 is 0. The van der Waals surface area contributed by atoms with E-state index in [1.807, 2.05) is 29.0 Å². The highest BCUT2D eigenvalue weighted by atomic mass is 32.1. The maximum Gasteiger partial charge on any atom is 0.252 e. The minimum absolute atomic E-state index is 0.0191. The van der Waals surface area contributed by atoms with Gasteiger partial charge in [0, 0.05) is 17.5 Å². The van der Waals surface area contributed by atoms with Gasteiger partial charge in [-0.05, 0) is 33.8 Å². The van der Waals surface area contributed by atoms with Gasteiger partial charge in [0.25, 0.3) is 5.91 Å². The lowest BCUT2D eigenvalue weighted by molar-refractivity contribution is 0.0951. The molecule has 1 aromatic heterocycles. The fraction of sp³-hybridized carbons (Fsp3) is 0.0625. The maximum absolute atomic E-state index is 11.8. The largest absolute Gasteiger partial charge is 0.348 e. The van der Waals surface area contributed by atoms with E-state index in [1.54, 1.807) is 0 Å². The predicted molar refractivity (Wildman–Crippen MR) is 79.4 cm³/mol. The van der Waals surface area contributed by atoms with Crippen molar-refractivity contribution in [3.05, 3.63) is 70.4 Å². The zero-order chi connectivity index (χ0) is 13.1. The Labute approximate surface area is 115 Å². The topological polar surface area (TPSA) is 29.1 Å². The number of amides is 1. The van der Waals surface area contributed by atoms with Crippen LogP contribution in [0.5, 0.6) is 0 Å². The first-order chi connectivity index (χ1) is 9.33. The minimum atomic E-state index is -0.0191. The number of thiophene rings is 1. The Morgan fingerprint density at radius 1 is 1.05 bits per heavy atom. The smallest absolute Gasteiger partial charge is 0.252 e. The first-order valence-electron chi connectivity index (χ1n) is 6.11. The number of carbonyl (C=O) groups is 1. The van der Waals surface area contributed by atoms with Crippen LogP contribution in [0.1, 0.15) is 15.9 Å². The highest BCUT2D eigenvalue weighted by Crippen LogP contribution is 2.15. The molecule has 0 bridgehead atoms. The lowest BCUT2D eigenvalue weighted by atomic mass is 10.1. The summed E-state index contributed by atoms with van der Waals surface area (Å²) in [6.45, 7) is 0.555. The Balaban J connectivity index is 1.73. The van der Waals surface area contributed by atoms with Gasteiger partial charge in [-0.15, -0.1) is 0 Å². The van der Waals surface area contributed by atoms with E-state index in [1.165, 1.54) is 22.1 Å². The molecule has 2 aromatic carbocycles. The molecule has 1 N–H and O–H groups in total. The molecule has 0 spiro atoms. The molecule has 0 unspecified atom stereocenters. The van der Waals surface area contributed by atoms with E-state index < -0.39 is 0 Å². The molecule has 1 amide bonds. The number of fused-ring (bicyclic) bond motifs is 1. The minimum Gasteiger partial charge on any atom is -0.348 e. The van der Waals surface area contributed by atoms with Gasteiger partial charge in [-0.25, -0.2) is 0 Å². The van der Waals surface area contributed by atoms with Crippen LogP contribution in [0.3, 0.4) is 0 Å². The summed E-state index contributed by atoms with van der Waals surface area (Å²) in [7, 11) is 0. The van der Waals surface area contributed by atoms with Crippen molar-refractivity contribution in [2.24, 2.45) is 0 Å². The lowest BCUT2D eigenvalue weighted by Crippen LogP contribution is -2.22. The molecule has 0 atom stereocenters. The summed E-state index contributed by atoms with van der Waals surface area (Å²) in [5, 5.41) is 9.12. The second-order valence-corrected chi connectivity index (χ2v) is 5.16. The summed E-state index contributed by atoms with van der Waals surface area (Å²) in [4.78, 5) is 11.8.